The molecule has 3 nitrogen and oxygen atoms in total. The Bertz CT molecular complexity index is 308. The van der Waals surface area contributed by atoms with Crippen molar-refractivity contribution < 1.29 is 4.74 Å². The van der Waals surface area contributed by atoms with Gasteiger partial charge in [-0.05, 0) is 37.1 Å². The quantitative estimate of drug-likeness (QED) is 0.673. The van der Waals surface area contributed by atoms with E-state index in [-0.39, 0.29) is 0 Å². The molecule has 1 rings (SSSR count). The molecule has 0 unspecified atom stereocenters. The van der Waals surface area contributed by atoms with Crippen LogP contribution in [-0.4, -0.2) is 7.11 Å². The molecule has 72 valence electrons. The van der Waals surface area contributed by atoms with Gasteiger partial charge in [-0.3, -0.25) is 0 Å². The molecule has 0 aromatic heterocycles. The highest BCUT2D eigenvalue weighted by molar-refractivity contribution is 5.42. The van der Waals surface area contributed by atoms with Crippen molar-refractivity contribution in [1.82, 2.24) is 0 Å². The fourth-order valence-corrected chi connectivity index (χ4v) is 1.25. The third-order valence-corrected chi connectivity index (χ3v) is 2.21. The molecule has 1 aromatic carbocycles. The fraction of sp³-hybridized carbons (Fsp3) is 0.400. The monoisotopic (exact) mass is 180 g/mol. The van der Waals surface area contributed by atoms with Gasteiger partial charge in [0.05, 0.1) is 13.3 Å². The van der Waals surface area contributed by atoms with Crippen molar-refractivity contribution in [2.24, 2.45) is 11.5 Å². The molecule has 0 atom stereocenters. The van der Waals surface area contributed by atoms with Gasteiger partial charge < -0.3 is 16.2 Å². The molecule has 0 bridgehead atoms. The molecule has 0 fully saturated rings. The molecule has 0 saturated carbocycles. The normalized spacial score (nSPS) is 10.6. The number of ether oxygens (including phenoxy) is 1. The van der Waals surface area contributed by atoms with Crippen molar-refractivity contribution in [2.75, 3.05) is 7.11 Å². The summed E-state index contributed by atoms with van der Waals surface area (Å²) in [6.07, 6.45) is -0.478. The number of hydrogen-bond donors (Lipinski definition) is 2. The first kappa shape index (κ1) is 10.0. The minimum Gasteiger partial charge on any atom is -0.496 e. The fourth-order valence-electron chi connectivity index (χ4n) is 1.25. The van der Waals surface area contributed by atoms with Gasteiger partial charge in [-0.2, -0.15) is 0 Å². The summed E-state index contributed by atoms with van der Waals surface area (Å²) in [5.41, 5.74) is 14.4. The maximum absolute atomic E-state index is 5.61. The van der Waals surface area contributed by atoms with Crippen LogP contribution in [0.25, 0.3) is 0 Å². The minimum absolute atomic E-state index is 0.478. The number of rotatable bonds is 2. The second-order valence-electron chi connectivity index (χ2n) is 3.20. The van der Waals surface area contributed by atoms with Crippen molar-refractivity contribution in [3.63, 3.8) is 0 Å². The molecule has 0 saturated heterocycles. The highest BCUT2D eigenvalue weighted by Gasteiger charge is 2.09. The van der Waals surface area contributed by atoms with Crippen LogP contribution >= 0.6 is 0 Å². The maximum Gasteiger partial charge on any atom is 0.125 e. The topological polar surface area (TPSA) is 61.3 Å². The van der Waals surface area contributed by atoms with Gasteiger partial charge >= 0.3 is 0 Å². The molecule has 1 aromatic rings. The Morgan fingerprint density at radius 2 is 1.69 bits per heavy atom. The zero-order valence-electron chi connectivity index (χ0n) is 8.29. The summed E-state index contributed by atoms with van der Waals surface area (Å²) in [5, 5.41) is 0. The lowest BCUT2D eigenvalue weighted by molar-refractivity contribution is 0.405. The molecule has 0 amide bonds. The summed E-state index contributed by atoms with van der Waals surface area (Å²) in [4.78, 5) is 0. The molecule has 13 heavy (non-hydrogen) atoms. The Morgan fingerprint density at radius 3 is 2.15 bits per heavy atom. The van der Waals surface area contributed by atoms with Crippen LogP contribution < -0.4 is 16.2 Å². The van der Waals surface area contributed by atoms with E-state index in [2.05, 4.69) is 0 Å². The molecular weight excluding hydrogens is 164 g/mol. The summed E-state index contributed by atoms with van der Waals surface area (Å²) >= 11 is 0. The lowest BCUT2D eigenvalue weighted by atomic mass is 10.0. The summed E-state index contributed by atoms with van der Waals surface area (Å²) in [6.45, 7) is 4.06. The Balaban J connectivity index is 3.25. The van der Waals surface area contributed by atoms with Crippen LogP contribution in [0.1, 0.15) is 22.9 Å². The Labute approximate surface area is 78.7 Å². The Morgan fingerprint density at radius 1 is 1.15 bits per heavy atom. The predicted molar refractivity (Wildman–Crippen MR) is 53.6 cm³/mol. The van der Waals surface area contributed by atoms with Gasteiger partial charge in [0.25, 0.3) is 0 Å². The van der Waals surface area contributed by atoms with Crippen molar-refractivity contribution in [3.05, 3.63) is 28.8 Å². The highest BCUT2D eigenvalue weighted by atomic mass is 16.5. The number of methoxy groups -OCH3 is 1. The molecule has 3 heteroatoms. The van der Waals surface area contributed by atoms with Crippen LogP contribution in [0.3, 0.4) is 0 Å². The first-order valence-electron chi connectivity index (χ1n) is 4.22. The maximum atomic E-state index is 5.61. The second kappa shape index (κ2) is 3.77. The van der Waals surface area contributed by atoms with E-state index >= 15 is 0 Å². The molecule has 4 N–H and O–H groups in total. The van der Waals surface area contributed by atoms with E-state index in [4.69, 9.17) is 16.2 Å². The van der Waals surface area contributed by atoms with E-state index in [1.807, 2.05) is 26.0 Å². The standard InChI is InChI=1S/C10H16N2O/c1-6-4-8(10(11)12)9(13-3)5-7(6)2/h4-5,10H,11-12H2,1-3H3. The van der Waals surface area contributed by atoms with Gasteiger partial charge in [0.15, 0.2) is 0 Å². The van der Waals surface area contributed by atoms with E-state index in [1.54, 1.807) is 7.11 Å². The smallest absolute Gasteiger partial charge is 0.125 e. The lowest BCUT2D eigenvalue weighted by Crippen LogP contribution is -2.21. The van der Waals surface area contributed by atoms with Gasteiger partial charge in [0.1, 0.15) is 5.75 Å². The highest BCUT2D eigenvalue weighted by Crippen LogP contribution is 2.25. The zero-order chi connectivity index (χ0) is 10.0. The van der Waals surface area contributed by atoms with Crippen LogP contribution in [0.4, 0.5) is 0 Å². The van der Waals surface area contributed by atoms with Crippen LogP contribution in [0.5, 0.6) is 5.75 Å². The molecule has 0 aliphatic rings. The Kier molecular flexibility index (Phi) is 2.90. The summed E-state index contributed by atoms with van der Waals surface area (Å²) in [6, 6.07) is 3.93. The van der Waals surface area contributed by atoms with Gasteiger partial charge in [-0.1, -0.05) is 0 Å². The first-order chi connectivity index (χ1) is 6.06. The number of benzene rings is 1. The van der Waals surface area contributed by atoms with Crippen LogP contribution in [0.15, 0.2) is 12.1 Å². The van der Waals surface area contributed by atoms with Crippen molar-refractivity contribution in [1.29, 1.82) is 0 Å². The van der Waals surface area contributed by atoms with Crippen molar-refractivity contribution in [3.8, 4) is 5.75 Å². The van der Waals surface area contributed by atoms with Gasteiger partial charge in [0.2, 0.25) is 0 Å². The van der Waals surface area contributed by atoms with E-state index in [0.29, 0.717) is 0 Å². The predicted octanol–water partition coefficient (Wildman–Crippen LogP) is 1.23. The molecular formula is C10H16N2O. The molecule has 0 aliphatic carbocycles. The summed E-state index contributed by atoms with van der Waals surface area (Å²) in [5.74, 6) is 0.762. The van der Waals surface area contributed by atoms with Crippen LogP contribution in [0, 0.1) is 13.8 Å². The lowest BCUT2D eigenvalue weighted by Gasteiger charge is -2.14. The van der Waals surface area contributed by atoms with E-state index < -0.39 is 6.17 Å². The largest absolute Gasteiger partial charge is 0.496 e. The molecule has 0 spiro atoms. The molecule has 0 heterocycles. The van der Waals surface area contributed by atoms with Crippen LogP contribution in [0.2, 0.25) is 0 Å². The van der Waals surface area contributed by atoms with Crippen molar-refractivity contribution >= 4 is 0 Å². The average molecular weight is 180 g/mol. The summed E-state index contributed by atoms with van der Waals surface area (Å²) in [7, 11) is 1.62. The number of hydrogen-bond acceptors (Lipinski definition) is 3. The average Bonchev–Trinajstić information content (AvgIpc) is 2.08. The zero-order valence-corrected chi connectivity index (χ0v) is 8.29. The van der Waals surface area contributed by atoms with Gasteiger partial charge in [0, 0.05) is 5.56 Å². The Hall–Kier alpha value is -1.06. The van der Waals surface area contributed by atoms with Crippen molar-refractivity contribution in [2.45, 2.75) is 20.0 Å². The second-order valence-corrected chi connectivity index (χ2v) is 3.20. The van der Waals surface area contributed by atoms with E-state index in [9.17, 15) is 0 Å². The number of aryl methyl sites for hydroxylation is 2. The molecule has 0 aliphatic heterocycles. The minimum atomic E-state index is -0.478. The van der Waals surface area contributed by atoms with E-state index in [1.165, 1.54) is 11.1 Å². The van der Waals surface area contributed by atoms with Gasteiger partial charge in [-0.25, -0.2) is 0 Å². The third kappa shape index (κ3) is 1.99. The first-order valence-corrected chi connectivity index (χ1v) is 4.22. The summed E-state index contributed by atoms with van der Waals surface area (Å²) < 4.78 is 5.18. The SMILES string of the molecule is COc1cc(C)c(C)cc1C(N)N. The number of nitrogens with two attached hydrogens (primary N) is 2. The van der Waals surface area contributed by atoms with Gasteiger partial charge in [-0.15, -0.1) is 0 Å². The van der Waals surface area contributed by atoms with E-state index in [0.717, 1.165) is 11.3 Å². The molecule has 0 radical (unpaired) electrons. The third-order valence-electron chi connectivity index (χ3n) is 2.21. The van der Waals surface area contributed by atoms with Crippen LogP contribution in [-0.2, 0) is 0 Å².